The van der Waals surface area contributed by atoms with E-state index in [2.05, 4.69) is 0 Å². The molecule has 24 heavy (non-hydrogen) atoms. The van der Waals surface area contributed by atoms with Crippen molar-refractivity contribution >= 4 is 0 Å². The van der Waals surface area contributed by atoms with E-state index < -0.39 is 6.10 Å². The second-order valence-corrected chi connectivity index (χ2v) is 7.01. The second-order valence-electron chi connectivity index (χ2n) is 7.01. The molecule has 5 nitrogen and oxygen atoms in total. The van der Waals surface area contributed by atoms with Crippen molar-refractivity contribution in [1.29, 1.82) is 0 Å². The van der Waals surface area contributed by atoms with Gasteiger partial charge in [-0.2, -0.15) is 0 Å². The lowest BCUT2D eigenvalue weighted by Crippen LogP contribution is -2.38. The van der Waals surface area contributed by atoms with Crippen LogP contribution in [0.5, 0.6) is 23.0 Å². The highest BCUT2D eigenvalue weighted by Gasteiger charge is 2.43. The SMILES string of the molecule is Oc1cc(O)c2c(c1)C1CC(C1)C(c1ccc(O)c(O)c1)C(O)C2. The molecule has 1 fully saturated rings. The van der Waals surface area contributed by atoms with Crippen molar-refractivity contribution in [2.24, 2.45) is 5.92 Å². The summed E-state index contributed by atoms with van der Waals surface area (Å²) in [6, 6.07) is 7.68. The van der Waals surface area contributed by atoms with Gasteiger partial charge in [0, 0.05) is 24.0 Å². The van der Waals surface area contributed by atoms with E-state index in [4.69, 9.17) is 0 Å². The van der Waals surface area contributed by atoms with Crippen LogP contribution >= 0.6 is 0 Å². The van der Waals surface area contributed by atoms with Gasteiger partial charge in [-0.25, -0.2) is 0 Å². The van der Waals surface area contributed by atoms with Crippen molar-refractivity contribution < 1.29 is 25.5 Å². The number of hydrogen-bond donors (Lipinski definition) is 5. The molecule has 0 heterocycles. The fourth-order valence-electron chi connectivity index (χ4n) is 4.35. The van der Waals surface area contributed by atoms with Gasteiger partial charge < -0.3 is 25.5 Å². The Kier molecular flexibility index (Phi) is 3.35. The third-order valence-corrected chi connectivity index (χ3v) is 5.58. The fraction of sp³-hybridized carbons (Fsp3) is 0.368. The molecule has 2 unspecified atom stereocenters. The Labute approximate surface area is 139 Å². The van der Waals surface area contributed by atoms with Crippen LogP contribution in [0.1, 0.15) is 41.4 Å². The number of phenolic OH excluding ortho intramolecular Hbond substituents is 4. The Balaban J connectivity index is 1.75. The Morgan fingerprint density at radius 2 is 1.58 bits per heavy atom. The number of aromatic hydroxyl groups is 4. The lowest BCUT2D eigenvalue weighted by atomic mass is 9.60. The summed E-state index contributed by atoms with van der Waals surface area (Å²) in [5.74, 6) is 0.0747. The van der Waals surface area contributed by atoms with Crippen molar-refractivity contribution in [2.45, 2.75) is 37.2 Å². The van der Waals surface area contributed by atoms with E-state index in [0.29, 0.717) is 12.0 Å². The third-order valence-electron chi connectivity index (χ3n) is 5.58. The average molecular weight is 328 g/mol. The summed E-state index contributed by atoms with van der Waals surface area (Å²) >= 11 is 0. The van der Waals surface area contributed by atoms with Crippen LogP contribution in [0.3, 0.4) is 0 Å². The third kappa shape index (κ3) is 2.27. The van der Waals surface area contributed by atoms with Gasteiger partial charge in [-0.3, -0.25) is 0 Å². The number of fused-ring (bicyclic) bond motifs is 2. The molecule has 2 aromatic rings. The maximum absolute atomic E-state index is 10.8. The zero-order valence-electron chi connectivity index (χ0n) is 13.1. The molecular weight excluding hydrogens is 308 g/mol. The smallest absolute Gasteiger partial charge is 0.157 e. The molecule has 0 aromatic heterocycles. The zero-order valence-corrected chi connectivity index (χ0v) is 13.1. The molecule has 2 atom stereocenters. The minimum atomic E-state index is -0.714. The molecule has 5 heteroatoms. The van der Waals surface area contributed by atoms with Crippen LogP contribution in [0, 0.1) is 5.92 Å². The molecule has 5 rings (SSSR count). The van der Waals surface area contributed by atoms with E-state index in [0.717, 1.165) is 24.0 Å². The molecule has 5 N–H and O–H groups in total. The van der Waals surface area contributed by atoms with E-state index in [1.165, 1.54) is 18.2 Å². The first-order chi connectivity index (χ1) is 11.4. The van der Waals surface area contributed by atoms with Gasteiger partial charge in [-0.1, -0.05) is 6.07 Å². The van der Waals surface area contributed by atoms with Crippen molar-refractivity contribution in [3.63, 3.8) is 0 Å². The highest BCUT2D eigenvalue weighted by Crippen LogP contribution is 2.54. The molecule has 2 aromatic carbocycles. The summed E-state index contributed by atoms with van der Waals surface area (Å²) in [6.07, 6.45) is 1.30. The van der Waals surface area contributed by atoms with Gasteiger partial charge in [0.25, 0.3) is 0 Å². The van der Waals surface area contributed by atoms with E-state index in [9.17, 15) is 25.5 Å². The summed E-state index contributed by atoms with van der Waals surface area (Å²) in [5.41, 5.74) is 2.41. The van der Waals surface area contributed by atoms with Crippen LogP contribution in [0.4, 0.5) is 0 Å². The maximum atomic E-state index is 10.8. The topological polar surface area (TPSA) is 101 Å². The van der Waals surface area contributed by atoms with Crippen molar-refractivity contribution in [2.75, 3.05) is 0 Å². The number of phenols is 4. The van der Waals surface area contributed by atoms with Gasteiger partial charge in [0.1, 0.15) is 11.5 Å². The first-order valence-corrected chi connectivity index (χ1v) is 8.18. The minimum Gasteiger partial charge on any atom is -0.508 e. The summed E-state index contributed by atoms with van der Waals surface area (Å²) < 4.78 is 0. The summed E-state index contributed by atoms with van der Waals surface area (Å²) in [4.78, 5) is 0. The molecule has 0 spiro atoms. The van der Waals surface area contributed by atoms with Crippen molar-refractivity contribution in [1.82, 2.24) is 0 Å². The Bertz CT molecular complexity index is 795. The Morgan fingerprint density at radius 3 is 2.29 bits per heavy atom. The normalized spacial score (nSPS) is 28.4. The predicted octanol–water partition coefficient (Wildman–Crippen LogP) is 2.70. The zero-order chi connectivity index (χ0) is 17.0. The largest absolute Gasteiger partial charge is 0.508 e. The molecule has 3 aliphatic carbocycles. The predicted molar refractivity (Wildman–Crippen MR) is 87.5 cm³/mol. The fourth-order valence-corrected chi connectivity index (χ4v) is 4.35. The van der Waals surface area contributed by atoms with Crippen LogP contribution in [-0.2, 0) is 6.42 Å². The van der Waals surface area contributed by atoms with Crippen molar-refractivity contribution in [3.8, 4) is 23.0 Å². The Hall–Kier alpha value is -2.40. The molecule has 0 aliphatic heterocycles. The second kappa shape index (κ2) is 5.31. The lowest BCUT2D eigenvalue weighted by Gasteiger charge is -2.46. The average Bonchev–Trinajstić information content (AvgIpc) is 2.46. The number of hydrogen-bond acceptors (Lipinski definition) is 5. The van der Waals surface area contributed by atoms with Gasteiger partial charge >= 0.3 is 0 Å². The van der Waals surface area contributed by atoms with Gasteiger partial charge in [0.2, 0.25) is 0 Å². The molecule has 0 radical (unpaired) electrons. The molecule has 0 saturated heterocycles. The van der Waals surface area contributed by atoms with Crippen LogP contribution in [-0.4, -0.2) is 31.6 Å². The molecule has 1 saturated carbocycles. The molecular formula is C19H20O5. The van der Waals surface area contributed by atoms with Crippen LogP contribution in [0.15, 0.2) is 30.3 Å². The van der Waals surface area contributed by atoms with Crippen molar-refractivity contribution in [3.05, 3.63) is 47.0 Å². The first-order valence-electron chi connectivity index (χ1n) is 8.18. The minimum absolute atomic E-state index is 0.0155. The number of rotatable bonds is 1. The van der Waals surface area contributed by atoms with E-state index in [1.807, 2.05) is 0 Å². The van der Waals surface area contributed by atoms with Gasteiger partial charge in [-0.05, 0) is 54.0 Å². The highest BCUT2D eigenvalue weighted by molar-refractivity contribution is 5.50. The van der Waals surface area contributed by atoms with Crippen LogP contribution < -0.4 is 0 Å². The number of benzene rings is 2. The molecule has 2 bridgehead atoms. The number of aliphatic hydroxyl groups is 1. The van der Waals surface area contributed by atoms with Gasteiger partial charge in [0.15, 0.2) is 11.5 Å². The van der Waals surface area contributed by atoms with E-state index >= 15 is 0 Å². The van der Waals surface area contributed by atoms with Gasteiger partial charge in [0.05, 0.1) is 6.10 Å². The molecule has 126 valence electrons. The summed E-state index contributed by atoms with van der Waals surface area (Å²) in [7, 11) is 0. The maximum Gasteiger partial charge on any atom is 0.157 e. The first kappa shape index (κ1) is 15.1. The monoisotopic (exact) mass is 328 g/mol. The van der Waals surface area contributed by atoms with Crippen LogP contribution in [0.25, 0.3) is 0 Å². The van der Waals surface area contributed by atoms with E-state index in [1.54, 1.807) is 12.1 Å². The van der Waals surface area contributed by atoms with Gasteiger partial charge in [-0.15, -0.1) is 0 Å². The summed E-state index contributed by atoms with van der Waals surface area (Å²) in [5, 5.41) is 50.0. The van der Waals surface area contributed by atoms with Crippen LogP contribution in [0.2, 0.25) is 0 Å². The standard InChI is InChI=1S/C19H20O5/c20-12-6-13-10-3-11(4-10)19(9-1-2-15(21)17(23)5-9)18(24)8-14(13)16(22)7-12/h1-2,5-7,10-11,18-24H,3-4,8H2. The molecule has 3 aliphatic rings. The molecule has 0 amide bonds. The van der Waals surface area contributed by atoms with E-state index in [-0.39, 0.29) is 40.8 Å². The summed E-state index contributed by atoms with van der Waals surface area (Å²) in [6.45, 7) is 0. The number of aliphatic hydroxyl groups excluding tert-OH is 1. The Morgan fingerprint density at radius 1 is 0.833 bits per heavy atom. The highest BCUT2D eigenvalue weighted by atomic mass is 16.3. The lowest BCUT2D eigenvalue weighted by molar-refractivity contribution is 0.0692. The quantitative estimate of drug-likeness (QED) is 0.518.